The van der Waals surface area contributed by atoms with Gasteiger partial charge in [0.15, 0.2) is 11.5 Å². The van der Waals surface area contributed by atoms with Gasteiger partial charge in [0.2, 0.25) is 0 Å². The number of hydrogen-bond donors (Lipinski definition) is 1. The summed E-state index contributed by atoms with van der Waals surface area (Å²) in [4.78, 5) is 23.1. The third-order valence-corrected chi connectivity index (χ3v) is 5.85. The minimum Gasteiger partial charge on any atom is -0.497 e. The van der Waals surface area contributed by atoms with Crippen LogP contribution in [0.1, 0.15) is 5.56 Å². The zero-order valence-corrected chi connectivity index (χ0v) is 20.3. The number of methoxy groups -OCH3 is 1. The minimum atomic E-state index is -5.08. The van der Waals surface area contributed by atoms with Crippen molar-refractivity contribution in [1.82, 2.24) is 29.0 Å². The molecule has 1 N–H and O–H groups in total. The molecule has 0 aliphatic carbocycles. The Balaban J connectivity index is 0.000000405. The Morgan fingerprint density at radius 1 is 1.14 bits per heavy atom. The number of aliphatic carboxylic acids is 1. The number of aryl methyl sites for hydroxylation is 1. The number of aromatic nitrogens is 5. The maximum Gasteiger partial charge on any atom is 0.490 e. The molecule has 1 fully saturated rings. The van der Waals surface area contributed by atoms with Gasteiger partial charge < -0.3 is 14.7 Å². The lowest BCUT2D eigenvalue weighted by Crippen LogP contribution is -2.46. The molecule has 0 atom stereocenters. The number of rotatable bonds is 5. The molecule has 0 unspecified atom stereocenters. The van der Waals surface area contributed by atoms with Gasteiger partial charge in [-0.2, -0.15) is 18.3 Å². The molecule has 13 heteroatoms. The predicted octanol–water partition coefficient (Wildman–Crippen LogP) is 3.09. The molecule has 196 valence electrons. The summed E-state index contributed by atoms with van der Waals surface area (Å²) in [7, 11) is 3.64. The van der Waals surface area contributed by atoms with E-state index in [0.717, 1.165) is 61.2 Å². The molecule has 1 aromatic carbocycles. The average molecular weight is 518 g/mol. The Morgan fingerprint density at radius 2 is 1.86 bits per heavy atom. The SMILES string of the molecule is COc1cccc(-c2cnc3c(N4CCN(Cc5cnn(C)c5)CC4)nccn23)c1.O=C(O)C(F)(F)F. The van der Waals surface area contributed by atoms with E-state index in [2.05, 4.69) is 36.5 Å². The van der Waals surface area contributed by atoms with Gasteiger partial charge in [-0.25, -0.2) is 14.8 Å². The van der Waals surface area contributed by atoms with E-state index in [9.17, 15) is 13.2 Å². The second-order valence-corrected chi connectivity index (χ2v) is 8.41. The van der Waals surface area contributed by atoms with Gasteiger partial charge in [-0.1, -0.05) is 12.1 Å². The summed E-state index contributed by atoms with van der Waals surface area (Å²) in [6, 6.07) is 8.05. The zero-order valence-electron chi connectivity index (χ0n) is 20.3. The van der Waals surface area contributed by atoms with E-state index in [4.69, 9.17) is 19.6 Å². The number of imidazole rings is 1. The van der Waals surface area contributed by atoms with Crippen LogP contribution in [0.3, 0.4) is 0 Å². The summed E-state index contributed by atoms with van der Waals surface area (Å²) in [5.74, 6) is -0.985. The smallest absolute Gasteiger partial charge is 0.490 e. The summed E-state index contributed by atoms with van der Waals surface area (Å²) >= 11 is 0. The number of ether oxygens (including phenoxy) is 1. The Kier molecular flexibility index (Phi) is 7.62. The summed E-state index contributed by atoms with van der Waals surface area (Å²) < 4.78 is 41.1. The van der Waals surface area contributed by atoms with Gasteiger partial charge in [-0.3, -0.25) is 14.0 Å². The van der Waals surface area contributed by atoms with E-state index in [0.29, 0.717) is 0 Å². The molecule has 0 saturated carbocycles. The number of carboxylic acids is 1. The maximum atomic E-state index is 10.6. The van der Waals surface area contributed by atoms with Crippen molar-refractivity contribution in [2.24, 2.45) is 7.05 Å². The highest BCUT2D eigenvalue weighted by Gasteiger charge is 2.38. The lowest BCUT2D eigenvalue weighted by Gasteiger charge is -2.35. The van der Waals surface area contributed by atoms with E-state index >= 15 is 0 Å². The number of fused-ring (bicyclic) bond motifs is 1. The number of alkyl halides is 3. The van der Waals surface area contributed by atoms with Gasteiger partial charge in [0, 0.05) is 69.5 Å². The van der Waals surface area contributed by atoms with Crippen molar-refractivity contribution in [3.8, 4) is 17.0 Å². The largest absolute Gasteiger partial charge is 0.497 e. The van der Waals surface area contributed by atoms with E-state index in [-0.39, 0.29) is 0 Å². The molecule has 10 nitrogen and oxygen atoms in total. The van der Waals surface area contributed by atoms with Crippen LogP contribution in [0.5, 0.6) is 5.75 Å². The maximum absolute atomic E-state index is 10.6. The van der Waals surface area contributed by atoms with Crippen molar-refractivity contribution in [3.05, 3.63) is 60.8 Å². The molecule has 1 aliphatic heterocycles. The highest BCUT2D eigenvalue weighted by Crippen LogP contribution is 2.28. The lowest BCUT2D eigenvalue weighted by molar-refractivity contribution is -0.192. The Morgan fingerprint density at radius 3 is 2.49 bits per heavy atom. The number of anilines is 1. The first-order valence-electron chi connectivity index (χ1n) is 11.4. The zero-order chi connectivity index (χ0) is 26.6. The number of benzene rings is 1. The molecule has 4 aromatic rings. The fraction of sp³-hybridized carbons (Fsp3) is 0.333. The third-order valence-electron chi connectivity index (χ3n) is 5.85. The van der Waals surface area contributed by atoms with E-state index in [1.54, 1.807) is 7.11 Å². The van der Waals surface area contributed by atoms with Crippen LogP contribution >= 0.6 is 0 Å². The van der Waals surface area contributed by atoms with Crippen molar-refractivity contribution < 1.29 is 27.8 Å². The van der Waals surface area contributed by atoms with Crippen LogP contribution in [-0.2, 0) is 18.4 Å². The van der Waals surface area contributed by atoms with Crippen LogP contribution in [0, 0.1) is 0 Å². The average Bonchev–Trinajstić information content (AvgIpc) is 3.50. The van der Waals surface area contributed by atoms with Crippen molar-refractivity contribution in [3.63, 3.8) is 0 Å². The van der Waals surface area contributed by atoms with Gasteiger partial charge >= 0.3 is 12.1 Å². The van der Waals surface area contributed by atoms with Crippen molar-refractivity contribution in [1.29, 1.82) is 0 Å². The topological polar surface area (TPSA) is 101 Å². The molecule has 0 amide bonds. The van der Waals surface area contributed by atoms with Crippen LogP contribution in [0.4, 0.5) is 19.0 Å². The normalized spacial score (nSPS) is 14.4. The van der Waals surface area contributed by atoms with Gasteiger partial charge in [0.05, 0.1) is 25.2 Å². The first-order chi connectivity index (χ1) is 17.7. The van der Waals surface area contributed by atoms with Crippen molar-refractivity contribution in [2.75, 3.05) is 38.2 Å². The summed E-state index contributed by atoms with van der Waals surface area (Å²) in [5, 5.41) is 11.4. The third kappa shape index (κ3) is 6.17. The molecule has 37 heavy (non-hydrogen) atoms. The fourth-order valence-corrected chi connectivity index (χ4v) is 4.05. The van der Waals surface area contributed by atoms with Crippen LogP contribution < -0.4 is 9.64 Å². The summed E-state index contributed by atoms with van der Waals surface area (Å²) in [6.45, 7) is 4.76. The summed E-state index contributed by atoms with van der Waals surface area (Å²) in [6.07, 6.45) is 4.68. The Hall–Kier alpha value is -4.13. The number of hydrogen-bond acceptors (Lipinski definition) is 7. The molecule has 0 bridgehead atoms. The fourth-order valence-electron chi connectivity index (χ4n) is 4.05. The van der Waals surface area contributed by atoms with Gasteiger partial charge in [0.25, 0.3) is 0 Å². The highest BCUT2D eigenvalue weighted by molar-refractivity contribution is 5.73. The molecule has 4 heterocycles. The van der Waals surface area contributed by atoms with Gasteiger partial charge in [-0.15, -0.1) is 0 Å². The predicted molar refractivity (Wildman–Crippen MR) is 129 cm³/mol. The molecule has 0 spiro atoms. The monoisotopic (exact) mass is 517 g/mol. The molecule has 1 saturated heterocycles. The molecule has 3 aromatic heterocycles. The van der Waals surface area contributed by atoms with Gasteiger partial charge in [0.1, 0.15) is 5.75 Å². The Labute approximate surface area is 210 Å². The second kappa shape index (κ2) is 10.9. The van der Waals surface area contributed by atoms with E-state index in [1.165, 1.54) is 5.56 Å². The number of carboxylic acid groups (broad SMARTS) is 1. The quantitative estimate of drug-likeness (QED) is 0.431. The first kappa shape index (κ1) is 25.9. The minimum absolute atomic E-state index is 0.835. The molecular weight excluding hydrogens is 491 g/mol. The van der Waals surface area contributed by atoms with Crippen LogP contribution in [0.25, 0.3) is 16.9 Å². The van der Waals surface area contributed by atoms with E-state index < -0.39 is 12.1 Å². The number of carbonyl (C=O) groups is 1. The number of nitrogens with zero attached hydrogens (tertiary/aromatic N) is 7. The summed E-state index contributed by atoms with van der Waals surface area (Å²) in [5.41, 5.74) is 4.24. The molecule has 0 radical (unpaired) electrons. The molecular formula is C24H26F3N7O3. The Bertz CT molecular complexity index is 1360. The van der Waals surface area contributed by atoms with Crippen molar-refractivity contribution in [2.45, 2.75) is 12.7 Å². The number of halogens is 3. The van der Waals surface area contributed by atoms with Crippen LogP contribution in [-0.4, -0.2) is 79.6 Å². The van der Waals surface area contributed by atoms with Crippen molar-refractivity contribution >= 4 is 17.4 Å². The van der Waals surface area contributed by atoms with Crippen LogP contribution in [0.2, 0.25) is 0 Å². The second-order valence-electron chi connectivity index (χ2n) is 8.41. The molecule has 5 rings (SSSR count). The standard InChI is InChI=1S/C22H25N7O.C2HF3O2/c1-26-15-17(13-25-26)16-27-8-10-28(11-9-27)21-22-24-14-20(29(22)7-6-23-21)18-4-3-5-19(12-18)30-2;3-2(4,5)1(6)7/h3-7,12-15H,8-11,16H2,1-2H3;(H,6,7). The first-order valence-corrected chi connectivity index (χ1v) is 11.4. The molecule has 1 aliphatic rings. The van der Waals surface area contributed by atoms with Crippen LogP contribution in [0.15, 0.2) is 55.2 Å². The van der Waals surface area contributed by atoms with E-state index in [1.807, 2.05) is 54.7 Å². The lowest BCUT2D eigenvalue weighted by atomic mass is 10.1. The highest BCUT2D eigenvalue weighted by atomic mass is 19.4. The number of piperazine rings is 1. The van der Waals surface area contributed by atoms with Gasteiger partial charge in [-0.05, 0) is 12.1 Å².